The van der Waals surface area contributed by atoms with Crippen molar-refractivity contribution >= 4 is 23.6 Å². The molecule has 0 aromatic heterocycles. The van der Waals surface area contributed by atoms with Gasteiger partial charge in [0, 0.05) is 40.3 Å². The molecule has 0 spiro atoms. The second kappa shape index (κ2) is 12.3. The highest BCUT2D eigenvalue weighted by molar-refractivity contribution is 6.00. The maximum atomic E-state index is 13.0. The molecule has 34 heavy (non-hydrogen) atoms. The molecular weight excluding hydrogens is 442 g/mol. The summed E-state index contributed by atoms with van der Waals surface area (Å²) < 4.78 is 11.1. The molecule has 2 aliphatic heterocycles. The van der Waals surface area contributed by atoms with Gasteiger partial charge in [-0.1, -0.05) is 12.1 Å². The maximum absolute atomic E-state index is 13.0. The summed E-state index contributed by atoms with van der Waals surface area (Å²) in [7, 11) is 3.13. The number of nitrogens with zero attached hydrogens (tertiary/aromatic N) is 3. The van der Waals surface area contributed by atoms with Crippen LogP contribution >= 0.6 is 0 Å². The Bertz CT molecular complexity index is 888. The van der Waals surface area contributed by atoms with Crippen molar-refractivity contribution in [2.45, 2.75) is 12.5 Å². The fourth-order valence-electron chi connectivity index (χ4n) is 3.67. The van der Waals surface area contributed by atoms with Crippen molar-refractivity contribution in [3.8, 4) is 5.75 Å². The van der Waals surface area contributed by atoms with Crippen LogP contribution in [-0.4, -0.2) is 118 Å². The molecule has 1 aromatic rings. The second-order valence-electron chi connectivity index (χ2n) is 8.38. The molecule has 1 atom stereocenters. The SMILES string of the molecule is CN1CCOc2ccccc2C(=O)N[C@H](C(=O)NCCN2CCOCC2)CC(=O)N(C)CC1=O. The number of hydrogen-bond donors (Lipinski definition) is 2. The van der Waals surface area contributed by atoms with Crippen molar-refractivity contribution in [1.82, 2.24) is 25.3 Å². The van der Waals surface area contributed by atoms with Gasteiger partial charge in [-0.25, -0.2) is 0 Å². The van der Waals surface area contributed by atoms with Crippen LogP contribution in [0.25, 0.3) is 0 Å². The average molecular weight is 476 g/mol. The van der Waals surface area contributed by atoms with Crippen LogP contribution in [0.15, 0.2) is 24.3 Å². The molecule has 0 unspecified atom stereocenters. The number of para-hydroxylation sites is 1. The molecule has 2 heterocycles. The van der Waals surface area contributed by atoms with Gasteiger partial charge in [-0.15, -0.1) is 0 Å². The van der Waals surface area contributed by atoms with E-state index in [1.807, 2.05) is 0 Å². The summed E-state index contributed by atoms with van der Waals surface area (Å²) in [5.41, 5.74) is 0.250. The van der Waals surface area contributed by atoms with Crippen LogP contribution in [0.1, 0.15) is 16.8 Å². The van der Waals surface area contributed by atoms with E-state index in [4.69, 9.17) is 9.47 Å². The Labute approximate surface area is 199 Å². The molecular formula is C23H33N5O6. The number of nitrogens with one attached hydrogen (secondary N) is 2. The molecule has 2 aliphatic rings. The van der Waals surface area contributed by atoms with Crippen LogP contribution in [0.5, 0.6) is 5.75 Å². The Morgan fingerprint density at radius 1 is 1.03 bits per heavy atom. The Morgan fingerprint density at radius 3 is 2.53 bits per heavy atom. The summed E-state index contributed by atoms with van der Waals surface area (Å²) >= 11 is 0. The van der Waals surface area contributed by atoms with Crippen molar-refractivity contribution in [1.29, 1.82) is 0 Å². The third-order valence-electron chi connectivity index (χ3n) is 5.87. The van der Waals surface area contributed by atoms with Crippen LogP contribution in [-0.2, 0) is 19.1 Å². The summed E-state index contributed by atoms with van der Waals surface area (Å²) in [6.45, 7) is 4.24. The van der Waals surface area contributed by atoms with Gasteiger partial charge < -0.3 is 29.9 Å². The summed E-state index contributed by atoms with van der Waals surface area (Å²) in [6.07, 6.45) is -0.272. The maximum Gasteiger partial charge on any atom is 0.255 e. The molecule has 186 valence electrons. The number of fused-ring (bicyclic) bond motifs is 1. The summed E-state index contributed by atoms with van der Waals surface area (Å²) in [6, 6.07) is 5.57. The van der Waals surface area contributed by atoms with E-state index in [-0.39, 0.29) is 31.0 Å². The number of likely N-dealkylation sites (N-methyl/N-ethyl adjacent to an activating group) is 2. The zero-order valence-electron chi connectivity index (χ0n) is 19.7. The topological polar surface area (TPSA) is 121 Å². The summed E-state index contributed by atoms with van der Waals surface area (Å²) in [5, 5.41) is 5.50. The first-order chi connectivity index (χ1) is 16.3. The van der Waals surface area contributed by atoms with Crippen LogP contribution in [0.2, 0.25) is 0 Å². The van der Waals surface area contributed by atoms with Gasteiger partial charge in [0.25, 0.3) is 5.91 Å². The van der Waals surface area contributed by atoms with Crippen LogP contribution in [0, 0.1) is 0 Å². The first-order valence-corrected chi connectivity index (χ1v) is 11.4. The molecule has 0 aliphatic carbocycles. The number of rotatable bonds is 4. The van der Waals surface area contributed by atoms with E-state index in [2.05, 4.69) is 15.5 Å². The zero-order valence-corrected chi connectivity index (χ0v) is 19.7. The first kappa shape index (κ1) is 25.4. The number of carbonyl (C=O) groups excluding carboxylic acids is 4. The number of ether oxygens (including phenoxy) is 2. The van der Waals surface area contributed by atoms with Gasteiger partial charge in [0.05, 0.1) is 38.3 Å². The number of hydrogen-bond acceptors (Lipinski definition) is 7. The Morgan fingerprint density at radius 2 is 1.76 bits per heavy atom. The van der Waals surface area contributed by atoms with E-state index in [0.29, 0.717) is 38.6 Å². The highest BCUT2D eigenvalue weighted by Gasteiger charge is 2.28. The fourth-order valence-corrected chi connectivity index (χ4v) is 3.67. The molecule has 11 heteroatoms. The molecule has 3 rings (SSSR count). The Balaban J connectivity index is 1.74. The minimum absolute atomic E-state index is 0.134. The lowest BCUT2D eigenvalue weighted by Crippen LogP contribution is -2.51. The van der Waals surface area contributed by atoms with E-state index in [1.54, 1.807) is 31.3 Å². The normalized spacial score (nSPS) is 21.2. The van der Waals surface area contributed by atoms with Gasteiger partial charge >= 0.3 is 0 Å². The molecule has 0 radical (unpaired) electrons. The Kier molecular flexibility index (Phi) is 9.23. The molecule has 2 N–H and O–H groups in total. The van der Waals surface area contributed by atoms with Gasteiger partial charge in [-0.05, 0) is 12.1 Å². The predicted octanol–water partition coefficient (Wildman–Crippen LogP) is -1.07. The monoisotopic (exact) mass is 475 g/mol. The van der Waals surface area contributed by atoms with Gasteiger partial charge in [-0.3, -0.25) is 24.1 Å². The predicted molar refractivity (Wildman–Crippen MR) is 123 cm³/mol. The number of benzene rings is 1. The number of carbonyl (C=O) groups is 4. The molecule has 1 saturated heterocycles. The minimum Gasteiger partial charge on any atom is -0.491 e. The number of morpholine rings is 1. The van der Waals surface area contributed by atoms with Crippen molar-refractivity contribution in [3.05, 3.63) is 29.8 Å². The van der Waals surface area contributed by atoms with Gasteiger partial charge in [-0.2, -0.15) is 0 Å². The zero-order chi connectivity index (χ0) is 24.5. The molecule has 1 fully saturated rings. The van der Waals surface area contributed by atoms with E-state index in [1.165, 1.54) is 16.8 Å². The van der Waals surface area contributed by atoms with Gasteiger partial charge in [0.1, 0.15) is 18.4 Å². The van der Waals surface area contributed by atoms with E-state index >= 15 is 0 Å². The van der Waals surface area contributed by atoms with Gasteiger partial charge in [0.2, 0.25) is 17.7 Å². The molecule has 0 bridgehead atoms. The van der Waals surface area contributed by atoms with Crippen molar-refractivity contribution in [2.75, 3.05) is 73.2 Å². The van der Waals surface area contributed by atoms with E-state index < -0.39 is 23.8 Å². The third kappa shape index (κ3) is 7.16. The average Bonchev–Trinajstić information content (AvgIpc) is 2.83. The first-order valence-electron chi connectivity index (χ1n) is 11.4. The fraction of sp³-hybridized carbons (Fsp3) is 0.565. The lowest BCUT2D eigenvalue weighted by atomic mass is 10.1. The van der Waals surface area contributed by atoms with E-state index in [0.717, 1.165) is 13.1 Å². The molecule has 0 saturated carbocycles. The lowest BCUT2D eigenvalue weighted by Gasteiger charge is -2.27. The lowest BCUT2D eigenvalue weighted by molar-refractivity contribution is -0.139. The molecule has 4 amide bonds. The summed E-state index contributed by atoms with van der Waals surface area (Å²) in [4.78, 5) is 56.2. The van der Waals surface area contributed by atoms with Crippen LogP contribution < -0.4 is 15.4 Å². The van der Waals surface area contributed by atoms with Crippen molar-refractivity contribution in [3.63, 3.8) is 0 Å². The highest BCUT2D eigenvalue weighted by atomic mass is 16.5. The third-order valence-corrected chi connectivity index (χ3v) is 5.87. The number of amides is 4. The van der Waals surface area contributed by atoms with Crippen LogP contribution in [0.4, 0.5) is 0 Å². The van der Waals surface area contributed by atoms with Gasteiger partial charge in [0.15, 0.2) is 0 Å². The quantitative estimate of drug-likeness (QED) is 0.569. The van der Waals surface area contributed by atoms with Crippen molar-refractivity contribution in [2.24, 2.45) is 0 Å². The Hall–Kier alpha value is -3.18. The molecule has 1 aromatic carbocycles. The summed E-state index contributed by atoms with van der Waals surface area (Å²) in [5.74, 6) is -1.30. The van der Waals surface area contributed by atoms with Crippen LogP contribution in [0.3, 0.4) is 0 Å². The smallest absolute Gasteiger partial charge is 0.255 e. The van der Waals surface area contributed by atoms with E-state index in [9.17, 15) is 19.2 Å². The minimum atomic E-state index is -1.10. The largest absolute Gasteiger partial charge is 0.491 e. The standard InChI is InChI=1S/C23H33N5O6/c1-26-9-14-34-19-6-4-3-5-17(19)22(31)25-18(15-20(29)27(2)16-21(26)30)23(32)24-7-8-28-10-12-33-13-11-28/h3-6,18H,7-16H2,1-2H3,(H,24,32)(H,25,31)/t18-/m0/s1. The second-order valence-corrected chi connectivity index (χ2v) is 8.38. The van der Waals surface area contributed by atoms with Crippen molar-refractivity contribution < 1.29 is 28.7 Å². The molecule has 11 nitrogen and oxygen atoms in total. The highest BCUT2D eigenvalue weighted by Crippen LogP contribution is 2.18.